The number of carbonyl (C=O) groups is 3. The Labute approximate surface area is 128 Å². The third-order valence-electron chi connectivity index (χ3n) is 2.94. The van der Waals surface area contributed by atoms with Gasteiger partial charge in [0.1, 0.15) is 11.9 Å². The molecule has 0 aromatic heterocycles. The van der Waals surface area contributed by atoms with Crippen LogP contribution in [0.15, 0.2) is 0 Å². The molecule has 6 heteroatoms. The van der Waals surface area contributed by atoms with Crippen LogP contribution < -0.4 is 0 Å². The van der Waals surface area contributed by atoms with Gasteiger partial charge in [0.2, 0.25) is 0 Å². The van der Waals surface area contributed by atoms with Gasteiger partial charge in [-0.1, -0.05) is 7.43 Å². The first-order valence-corrected chi connectivity index (χ1v) is 6.81. The highest BCUT2D eigenvalue weighted by molar-refractivity contribution is 5.75. The molecule has 126 valence electrons. The van der Waals surface area contributed by atoms with Gasteiger partial charge in [-0.25, -0.2) is 4.79 Å². The zero-order valence-electron chi connectivity index (χ0n) is 12.4. The zero-order chi connectivity index (χ0) is 15.5. The van der Waals surface area contributed by atoms with Crippen molar-refractivity contribution in [1.29, 1.82) is 0 Å². The second-order valence-electron chi connectivity index (χ2n) is 4.82. The number of rotatable bonds is 11. The zero-order valence-corrected chi connectivity index (χ0v) is 12.4. The van der Waals surface area contributed by atoms with E-state index in [4.69, 9.17) is 14.6 Å². The monoisotopic (exact) mass is 307 g/mol. The second-order valence-corrected chi connectivity index (χ2v) is 4.82. The molecular formula is C15H30O6. The van der Waals surface area contributed by atoms with E-state index in [1.165, 1.54) is 14.0 Å². The number of ketones is 1. The summed E-state index contributed by atoms with van der Waals surface area (Å²) >= 11 is 0. The summed E-state index contributed by atoms with van der Waals surface area (Å²) in [5, 5.41) is 8.61. The highest BCUT2D eigenvalue weighted by Gasteiger charge is 2.19. The van der Waals surface area contributed by atoms with Gasteiger partial charge in [0.25, 0.3) is 0 Å². The van der Waals surface area contributed by atoms with Crippen molar-refractivity contribution in [2.75, 3.05) is 7.11 Å². The third kappa shape index (κ3) is 12.1. The summed E-state index contributed by atoms with van der Waals surface area (Å²) in [6.07, 6.45) is 1.57. The molecule has 21 heavy (non-hydrogen) atoms. The summed E-state index contributed by atoms with van der Waals surface area (Å²) in [7, 11) is 1.42. The summed E-state index contributed by atoms with van der Waals surface area (Å²) in [6, 6.07) is 0. The van der Waals surface area contributed by atoms with Crippen molar-refractivity contribution in [2.24, 2.45) is 0 Å². The molecule has 0 aliphatic heterocycles. The molecule has 6 nitrogen and oxygen atoms in total. The lowest BCUT2D eigenvalue weighted by atomic mass is 10.0. The van der Waals surface area contributed by atoms with E-state index in [2.05, 4.69) is 0 Å². The number of hydrogen-bond acceptors (Lipinski definition) is 5. The number of Topliss-reactive ketones (excluding diaryl/α,β-unsaturated/α-hetero) is 1. The SMILES string of the molecule is C.COC(C)C(=O)OC(CCCC(C)=O)CCCC(=O)O.[2HH]. The Balaban J connectivity index is -0.00000180. The summed E-state index contributed by atoms with van der Waals surface area (Å²) in [6.45, 7) is 3.10. The van der Waals surface area contributed by atoms with Gasteiger partial charge in [-0.05, 0) is 39.5 Å². The molecular weight excluding hydrogens is 276 g/mol. The van der Waals surface area contributed by atoms with Gasteiger partial charge in [-0.3, -0.25) is 4.79 Å². The maximum atomic E-state index is 11.6. The molecule has 2 unspecified atom stereocenters. The number of carbonyl (C=O) groups excluding carboxylic acids is 2. The lowest BCUT2D eigenvalue weighted by Gasteiger charge is -2.19. The van der Waals surface area contributed by atoms with Gasteiger partial charge in [-0.2, -0.15) is 0 Å². The summed E-state index contributed by atoms with van der Waals surface area (Å²) in [5.41, 5.74) is 0. The number of methoxy groups -OCH3 is 1. The molecule has 0 spiro atoms. The van der Waals surface area contributed by atoms with Crippen LogP contribution in [-0.4, -0.2) is 42.1 Å². The smallest absolute Gasteiger partial charge is 0.335 e. The topological polar surface area (TPSA) is 89.9 Å². The van der Waals surface area contributed by atoms with Gasteiger partial charge in [0.05, 0.1) is 0 Å². The number of aliphatic carboxylic acids is 1. The molecule has 0 amide bonds. The molecule has 0 aliphatic rings. The largest absolute Gasteiger partial charge is 0.481 e. The summed E-state index contributed by atoms with van der Waals surface area (Å²) in [5.74, 6) is -1.24. The Morgan fingerprint density at radius 2 is 1.67 bits per heavy atom. The van der Waals surface area contributed by atoms with E-state index >= 15 is 0 Å². The average molecular weight is 307 g/mol. The number of esters is 1. The lowest BCUT2D eigenvalue weighted by molar-refractivity contribution is -0.160. The standard InChI is InChI=1S/C14H24O6.CH4.H2/c1-10(15)6-4-7-12(8-5-9-13(16)17)20-14(18)11(2)19-3;;/h11-12H,4-9H2,1-3H3,(H,16,17);1H4;1H/i;;1+1. The van der Waals surface area contributed by atoms with E-state index in [0.717, 1.165) is 0 Å². The lowest BCUT2D eigenvalue weighted by Crippen LogP contribution is -2.27. The van der Waals surface area contributed by atoms with Crippen LogP contribution in [0.25, 0.3) is 0 Å². The number of hydrogen-bond donors (Lipinski definition) is 1. The van der Waals surface area contributed by atoms with Gasteiger partial charge >= 0.3 is 11.9 Å². The Kier molecular flexibility index (Phi) is 12.8. The molecule has 1 N–H and O–H groups in total. The second kappa shape index (κ2) is 12.3. The van der Waals surface area contributed by atoms with E-state index in [-0.39, 0.29) is 27.2 Å². The van der Waals surface area contributed by atoms with Crippen molar-refractivity contribution >= 4 is 17.7 Å². The Bertz CT molecular complexity index is 312. The van der Waals surface area contributed by atoms with Gasteiger partial charge in [0, 0.05) is 21.4 Å². The van der Waals surface area contributed by atoms with Crippen LogP contribution in [-0.2, 0) is 23.9 Å². The minimum atomic E-state index is -0.871. The quantitative estimate of drug-likeness (QED) is 0.590. The van der Waals surface area contributed by atoms with Crippen LogP contribution in [0, 0.1) is 0 Å². The Morgan fingerprint density at radius 3 is 2.10 bits per heavy atom. The predicted octanol–water partition coefficient (Wildman–Crippen LogP) is 2.83. The fourth-order valence-corrected chi connectivity index (χ4v) is 1.68. The van der Waals surface area contributed by atoms with E-state index in [1.807, 2.05) is 0 Å². The van der Waals surface area contributed by atoms with Crippen molar-refractivity contribution in [3.8, 4) is 0 Å². The Hall–Kier alpha value is -1.43. The molecule has 0 aliphatic carbocycles. The molecule has 0 heterocycles. The molecule has 0 radical (unpaired) electrons. The molecule has 0 fully saturated rings. The van der Waals surface area contributed by atoms with Crippen LogP contribution in [0.2, 0.25) is 0 Å². The van der Waals surface area contributed by atoms with Crippen LogP contribution in [0.5, 0.6) is 0 Å². The molecule has 0 rings (SSSR count). The number of carboxylic acids is 1. The van der Waals surface area contributed by atoms with Crippen LogP contribution in [0.3, 0.4) is 0 Å². The fraction of sp³-hybridized carbons (Fsp3) is 0.800. The third-order valence-corrected chi connectivity index (χ3v) is 2.94. The van der Waals surface area contributed by atoms with Crippen molar-refractivity contribution < 1.29 is 30.4 Å². The minimum Gasteiger partial charge on any atom is -0.481 e. The van der Waals surface area contributed by atoms with Crippen LogP contribution in [0.1, 0.15) is 61.2 Å². The molecule has 0 bridgehead atoms. The molecule has 0 aromatic rings. The molecule has 2 atom stereocenters. The minimum absolute atomic E-state index is 0. The van der Waals surface area contributed by atoms with Crippen LogP contribution >= 0.6 is 0 Å². The van der Waals surface area contributed by atoms with Gasteiger partial charge < -0.3 is 19.4 Å². The van der Waals surface area contributed by atoms with Gasteiger partial charge in [-0.15, -0.1) is 0 Å². The Morgan fingerprint density at radius 1 is 1.14 bits per heavy atom. The van der Waals surface area contributed by atoms with Crippen molar-refractivity contribution in [3.63, 3.8) is 0 Å². The van der Waals surface area contributed by atoms with Crippen LogP contribution in [0.4, 0.5) is 0 Å². The molecule has 0 aromatic carbocycles. The molecule has 0 saturated heterocycles. The van der Waals surface area contributed by atoms with E-state index in [1.54, 1.807) is 6.92 Å². The number of ether oxygens (including phenoxy) is 2. The first-order valence-electron chi connectivity index (χ1n) is 6.81. The molecule has 0 saturated carbocycles. The first-order chi connectivity index (χ1) is 9.36. The van der Waals surface area contributed by atoms with E-state index in [0.29, 0.717) is 32.1 Å². The first kappa shape index (κ1) is 21.9. The maximum absolute atomic E-state index is 11.6. The van der Waals surface area contributed by atoms with E-state index in [9.17, 15) is 14.4 Å². The fourth-order valence-electron chi connectivity index (χ4n) is 1.68. The van der Waals surface area contributed by atoms with Crippen molar-refractivity contribution in [3.05, 3.63) is 0 Å². The van der Waals surface area contributed by atoms with Crippen molar-refractivity contribution in [2.45, 2.75) is 72.0 Å². The van der Waals surface area contributed by atoms with Gasteiger partial charge in [0.15, 0.2) is 6.10 Å². The van der Waals surface area contributed by atoms with E-state index < -0.39 is 18.0 Å². The summed E-state index contributed by atoms with van der Waals surface area (Å²) in [4.78, 5) is 33.0. The highest BCUT2D eigenvalue weighted by atomic mass is 16.6. The highest BCUT2D eigenvalue weighted by Crippen LogP contribution is 2.14. The normalized spacial score (nSPS) is 12.9. The predicted molar refractivity (Wildman–Crippen MR) is 81.2 cm³/mol. The summed E-state index contributed by atoms with van der Waals surface area (Å²) < 4.78 is 10.2. The average Bonchev–Trinajstić information content (AvgIpc) is 2.36. The van der Waals surface area contributed by atoms with Crippen molar-refractivity contribution in [1.82, 2.24) is 0 Å². The maximum Gasteiger partial charge on any atom is 0.335 e. The number of carboxylic acid groups (broad SMARTS) is 1.